The largest absolute Gasteiger partial charge is 0.399 e. The molecule has 0 spiro atoms. The van der Waals surface area contributed by atoms with Crippen LogP contribution < -0.4 is 10.6 Å². The van der Waals surface area contributed by atoms with Crippen molar-refractivity contribution in [1.82, 2.24) is 9.97 Å². The zero-order valence-corrected chi connectivity index (χ0v) is 11.6. The minimum Gasteiger partial charge on any atom is -0.399 e. The number of anilines is 2. The van der Waals surface area contributed by atoms with Gasteiger partial charge in [-0.2, -0.15) is 5.26 Å². The van der Waals surface area contributed by atoms with Gasteiger partial charge >= 0.3 is 0 Å². The van der Waals surface area contributed by atoms with Crippen LogP contribution in [0.25, 0.3) is 0 Å². The van der Waals surface area contributed by atoms with Gasteiger partial charge in [0.05, 0.1) is 12.4 Å². The summed E-state index contributed by atoms with van der Waals surface area (Å²) in [5.41, 5.74) is 7.99. The molecule has 102 valence electrons. The zero-order chi connectivity index (χ0) is 14.5. The summed E-state index contributed by atoms with van der Waals surface area (Å²) in [6.07, 6.45) is 3.12. The van der Waals surface area contributed by atoms with Gasteiger partial charge in [-0.1, -0.05) is 12.1 Å². The summed E-state index contributed by atoms with van der Waals surface area (Å²) < 4.78 is 0. The maximum Gasteiger partial charge on any atom is 0.158 e. The Morgan fingerprint density at radius 3 is 2.65 bits per heavy atom. The molecular formula is C15H17N5. The molecule has 2 aromatic rings. The quantitative estimate of drug-likeness (QED) is 0.860. The van der Waals surface area contributed by atoms with Gasteiger partial charge in [0.1, 0.15) is 11.9 Å². The highest BCUT2D eigenvalue weighted by atomic mass is 15.2. The molecule has 0 unspecified atom stereocenters. The zero-order valence-electron chi connectivity index (χ0n) is 11.6. The summed E-state index contributed by atoms with van der Waals surface area (Å²) in [7, 11) is 0. The lowest BCUT2D eigenvalue weighted by Crippen LogP contribution is -2.31. The number of nitrogens with zero attached hydrogens (tertiary/aromatic N) is 4. The van der Waals surface area contributed by atoms with Crippen molar-refractivity contribution < 1.29 is 0 Å². The van der Waals surface area contributed by atoms with Crippen molar-refractivity contribution in [3.63, 3.8) is 0 Å². The number of aromatic nitrogens is 2. The van der Waals surface area contributed by atoms with Gasteiger partial charge in [0.2, 0.25) is 0 Å². The van der Waals surface area contributed by atoms with Crippen molar-refractivity contribution in [3.05, 3.63) is 47.9 Å². The topological polar surface area (TPSA) is 78.8 Å². The molecule has 0 radical (unpaired) electrons. The smallest absolute Gasteiger partial charge is 0.158 e. The first-order chi connectivity index (χ1) is 9.60. The van der Waals surface area contributed by atoms with Crippen LogP contribution in [0, 0.1) is 11.3 Å². The minimum atomic E-state index is 0.263. The van der Waals surface area contributed by atoms with Gasteiger partial charge in [-0.25, -0.2) is 9.97 Å². The summed E-state index contributed by atoms with van der Waals surface area (Å²) in [5.74, 6) is 0.751. The van der Waals surface area contributed by atoms with E-state index in [1.54, 1.807) is 6.20 Å². The minimum absolute atomic E-state index is 0.263. The van der Waals surface area contributed by atoms with Crippen LogP contribution >= 0.6 is 0 Å². The van der Waals surface area contributed by atoms with Crippen LogP contribution in [-0.4, -0.2) is 16.0 Å². The fourth-order valence-electron chi connectivity index (χ4n) is 1.94. The molecule has 0 atom stereocenters. The van der Waals surface area contributed by atoms with Gasteiger partial charge in [0.15, 0.2) is 5.69 Å². The summed E-state index contributed by atoms with van der Waals surface area (Å²) in [6, 6.07) is 10.0. The Morgan fingerprint density at radius 1 is 1.30 bits per heavy atom. The van der Waals surface area contributed by atoms with E-state index in [1.807, 2.05) is 30.3 Å². The van der Waals surface area contributed by atoms with E-state index in [0.717, 1.165) is 17.1 Å². The second-order valence-corrected chi connectivity index (χ2v) is 4.84. The number of hydrogen-bond acceptors (Lipinski definition) is 5. The Bertz CT molecular complexity index is 613. The lowest BCUT2D eigenvalue weighted by molar-refractivity contribution is 0.670. The van der Waals surface area contributed by atoms with E-state index in [4.69, 9.17) is 11.0 Å². The first-order valence-electron chi connectivity index (χ1n) is 6.43. The van der Waals surface area contributed by atoms with Gasteiger partial charge in [-0.05, 0) is 31.5 Å². The van der Waals surface area contributed by atoms with E-state index in [0.29, 0.717) is 12.2 Å². The second kappa shape index (κ2) is 6.02. The highest BCUT2D eigenvalue weighted by molar-refractivity contribution is 5.44. The highest BCUT2D eigenvalue weighted by Crippen LogP contribution is 2.18. The molecule has 5 nitrogen and oxygen atoms in total. The Morgan fingerprint density at radius 2 is 2.10 bits per heavy atom. The monoisotopic (exact) mass is 267 g/mol. The summed E-state index contributed by atoms with van der Waals surface area (Å²) in [5, 5.41) is 8.76. The van der Waals surface area contributed by atoms with Crippen molar-refractivity contribution in [2.24, 2.45) is 0 Å². The van der Waals surface area contributed by atoms with Gasteiger partial charge in [0.25, 0.3) is 0 Å². The number of nitrogens with two attached hydrogens (primary N) is 1. The third-order valence-electron chi connectivity index (χ3n) is 2.97. The molecule has 0 aliphatic rings. The molecule has 0 saturated carbocycles. The first-order valence-corrected chi connectivity index (χ1v) is 6.43. The van der Waals surface area contributed by atoms with Crippen LogP contribution in [-0.2, 0) is 6.54 Å². The predicted octanol–water partition coefficient (Wildman–Crippen LogP) is 2.35. The van der Waals surface area contributed by atoms with Gasteiger partial charge in [-0.15, -0.1) is 0 Å². The molecule has 0 amide bonds. The molecule has 0 aliphatic heterocycles. The van der Waals surface area contributed by atoms with E-state index >= 15 is 0 Å². The summed E-state index contributed by atoms with van der Waals surface area (Å²) >= 11 is 0. The first kappa shape index (κ1) is 13.8. The fourth-order valence-corrected chi connectivity index (χ4v) is 1.94. The van der Waals surface area contributed by atoms with Gasteiger partial charge < -0.3 is 10.6 Å². The van der Waals surface area contributed by atoms with Crippen molar-refractivity contribution in [3.8, 4) is 6.07 Å². The van der Waals surface area contributed by atoms with Crippen molar-refractivity contribution in [2.75, 3.05) is 10.6 Å². The number of benzene rings is 1. The van der Waals surface area contributed by atoms with Crippen molar-refractivity contribution in [1.29, 1.82) is 5.26 Å². The molecule has 20 heavy (non-hydrogen) atoms. The second-order valence-electron chi connectivity index (χ2n) is 4.84. The van der Waals surface area contributed by atoms with Gasteiger partial charge in [0, 0.05) is 18.3 Å². The highest BCUT2D eigenvalue weighted by Gasteiger charge is 2.13. The third kappa shape index (κ3) is 3.23. The number of hydrogen-bond donors (Lipinski definition) is 1. The predicted molar refractivity (Wildman–Crippen MR) is 78.9 cm³/mol. The molecule has 1 aromatic carbocycles. The van der Waals surface area contributed by atoms with Crippen molar-refractivity contribution in [2.45, 2.75) is 26.4 Å². The molecule has 2 N–H and O–H groups in total. The summed E-state index contributed by atoms with van der Waals surface area (Å²) in [6.45, 7) is 4.88. The average Bonchev–Trinajstić information content (AvgIpc) is 2.45. The van der Waals surface area contributed by atoms with Crippen LogP contribution in [0.2, 0.25) is 0 Å². The average molecular weight is 267 g/mol. The van der Waals surface area contributed by atoms with Crippen LogP contribution in [0.4, 0.5) is 11.5 Å². The Labute approximate surface area is 118 Å². The van der Waals surface area contributed by atoms with Crippen LogP contribution in [0.15, 0.2) is 36.7 Å². The molecule has 1 heterocycles. The Hall–Kier alpha value is -2.61. The number of nitrogen functional groups attached to an aromatic ring is 1. The van der Waals surface area contributed by atoms with Crippen LogP contribution in [0.1, 0.15) is 25.1 Å². The lowest BCUT2D eigenvalue weighted by Gasteiger charge is -2.27. The molecule has 1 aromatic heterocycles. The molecule has 0 bridgehead atoms. The van der Waals surface area contributed by atoms with Crippen LogP contribution in [0.3, 0.4) is 0 Å². The normalized spacial score (nSPS) is 10.3. The number of rotatable bonds is 4. The van der Waals surface area contributed by atoms with E-state index in [2.05, 4.69) is 28.7 Å². The van der Waals surface area contributed by atoms with E-state index < -0.39 is 0 Å². The summed E-state index contributed by atoms with van der Waals surface area (Å²) in [4.78, 5) is 10.5. The fraction of sp³-hybridized carbons (Fsp3) is 0.267. The maximum atomic E-state index is 8.76. The van der Waals surface area contributed by atoms with E-state index in [9.17, 15) is 0 Å². The van der Waals surface area contributed by atoms with E-state index in [-0.39, 0.29) is 6.04 Å². The molecule has 2 rings (SSSR count). The third-order valence-corrected chi connectivity index (χ3v) is 2.97. The maximum absolute atomic E-state index is 8.76. The molecule has 0 fully saturated rings. The lowest BCUT2D eigenvalue weighted by atomic mass is 10.1. The molecule has 5 heteroatoms. The van der Waals surface area contributed by atoms with Crippen LogP contribution in [0.5, 0.6) is 0 Å². The Balaban J connectivity index is 2.25. The van der Waals surface area contributed by atoms with E-state index in [1.165, 1.54) is 6.20 Å². The Kier molecular flexibility index (Phi) is 4.16. The number of nitriles is 1. The standard InChI is InChI=1S/C15H17N5/c1-11(2)20(10-12-4-3-5-13(17)6-12)15-9-18-14(7-16)8-19-15/h3-6,8-9,11H,10,17H2,1-2H3. The van der Waals surface area contributed by atoms with Crippen molar-refractivity contribution >= 4 is 11.5 Å². The van der Waals surface area contributed by atoms with Gasteiger partial charge in [-0.3, -0.25) is 0 Å². The molecule has 0 saturated heterocycles. The molecular weight excluding hydrogens is 250 g/mol. The SMILES string of the molecule is CC(C)N(Cc1cccc(N)c1)c1cnc(C#N)cn1. The molecule has 0 aliphatic carbocycles.